The van der Waals surface area contributed by atoms with Crippen LogP contribution >= 0.6 is 15.9 Å². The number of nitrogens with one attached hydrogen (secondary N) is 1. The summed E-state index contributed by atoms with van der Waals surface area (Å²) in [6.07, 6.45) is 5.21. The van der Waals surface area contributed by atoms with Gasteiger partial charge in [-0.15, -0.1) is 0 Å². The number of H-pyrrole nitrogens is 1. The molecule has 2 nitrogen and oxygen atoms in total. The quantitative estimate of drug-likeness (QED) is 0.619. The van der Waals surface area contributed by atoms with Gasteiger partial charge in [-0.2, -0.15) is 0 Å². The first-order valence-electron chi connectivity index (χ1n) is 8.89. The van der Waals surface area contributed by atoms with Gasteiger partial charge in [0.05, 0.1) is 0 Å². The molecule has 2 heterocycles. The van der Waals surface area contributed by atoms with Crippen molar-refractivity contribution < 1.29 is 0 Å². The van der Waals surface area contributed by atoms with Gasteiger partial charge in [-0.1, -0.05) is 58.7 Å². The Morgan fingerprint density at radius 1 is 0.958 bits per heavy atom. The van der Waals surface area contributed by atoms with E-state index in [4.69, 9.17) is 0 Å². The third-order valence-corrected chi connectivity index (χ3v) is 5.55. The number of hydrogen-bond acceptors (Lipinski definition) is 1. The number of aromatic nitrogens is 1. The number of aromatic amines is 1. The molecule has 1 N–H and O–H groups in total. The van der Waals surface area contributed by atoms with E-state index in [1.54, 1.807) is 0 Å². The Kier molecular flexibility index (Phi) is 4.72. The zero-order valence-electron chi connectivity index (χ0n) is 13.9. The molecule has 0 saturated carbocycles. The lowest BCUT2D eigenvalue weighted by Crippen LogP contribution is -2.31. The Hall–Kier alpha value is -1.58. The molecule has 3 heteroatoms. The third kappa shape index (κ3) is 3.28. The maximum atomic E-state index is 3.66. The molecule has 2 aromatic carbocycles. The molecule has 0 bridgehead atoms. The molecule has 124 valence electrons. The maximum absolute atomic E-state index is 3.66. The standard InChI is InChI=1S/C21H23BrN2/c22-17-9-10-18-19(11-14-24-12-5-2-6-13-24)21(23-20(18)15-17)16-7-3-1-4-8-16/h1,3-4,7-10,15,23H,2,5-6,11-14H2. The summed E-state index contributed by atoms with van der Waals surface area (Å²) in [6.45, 7) is 3.67. The largest absolute Gasteiger partial charge is 0.354 e. The number of rotatable bonds is 4. The third-order valence-electron chi connectivity index (χ3n) is 5.06. The molecule has 0 unspecified atom stereocenters. The van der Waals surface area contributed by atoms with E-state index in [-0.39, 0.29) is 0 Å². The number of fused-ring (bicyclic) bond motifs is 1. The molecule has 1 fully saturated rings. The first kappa shape index (κ1) is 15.9. The van der Waals surface area contributed by atoms with Crippen molar-refractivity contribution in [1.82, 2.24) is 9.88 Å². The molecule has 24 heavy (non-hydrogen) atoms. The van der Waals surface area contributed by atoms with Gasteiger partial charge >= 0.3 is 0 Å². The molecule has 1 saturated heterocycles. The summed E-state index contributed by atoms with van der Waals surface area (Å²) >= 11 is 3.60. The van der Waals surface area contributed by atoms with E-state index >= 15 is 0 Å². The molecule has 0 atom stereocenters. The smallest absolute Gasteiger partial charge is 0.0497 e. The van der Waals surface area contributed by atoms with Crippen LogP contribution in [-0.4, -0.2) is 29.5 Å². The summed E-state index contributed by atoms with van der Waals surface area (Å²) in [7, 11) is 0. The molecule has 1 aliphatic heterocycles. The highest BCUT2D eigenvalue weighted by atomic mass is 79.9. The van der Waals surface area contributed by atoms with Gasteiger partial charge in [0, 0.05) is 27.6 Å². The van der Waals surface area contributed by atoms with Crippen LogP contribution in [0.5, 0.6) is 0 Å². The van der Waals surface area contributed by atoms with Gasteiger partial charge in [0.1, 0.15) is 0 Å². The zero-order chi connectivity index (χ0) is 16.4. The SMILES string of the molecule is Brc1ccc2c(CCN3CCCCC3)c(-c3ccccc3)[nH]c2c1. The molecule has 4 rings (SSSR count). The van der Waals surface area contributed by atoms with Gasteiger partial charge in [0.15, 0.2) is 0 Å². The lowest BCUT2D eigenvalue weighted by Gasteiger charge is -2.26. The molecule has 3 aromatic rings. The van der Waals surface area contributed by atoms with E-state index in [0.29, 0.717) is 0 Å². The van der Waals surface area contributed by atoms with Gasteiger partial charge in [-0.05, 0) is 55.6 Å². The van der Waals surface area contributed by atoms with Crippen molar-refractivity contribution in [1.29, 1.82) is 0 Å². The van der Waals surface area contributed by atoms with Gasteiger partial charge in [-0.3, -0.25) is 0 Å². The number of piperidine rings is 1. The van der Waals surface area contributed by atoms with Gasteiger partial charge in [0.2, 0.25) is 0 Å². The van der Waals surface area contributed by atoms with Crippen LogP contribution in [-0.2, 0) is 6.42 Å². The highest BCUT2D eigenvalue weighted by Gasteiger charge is 2.16. The Morgan fingerprint density at radius 3 is 2.54 bits per heavy atom. The lowest BCUT2D eigenvalue weighted by molar-refractivity contribution is 0.232. The molecule has 1 aromatic heterocycles. The van der Waals surface area contributed by atoms with Crippen molar-refractivity contribution in [3.63, 3.8) is 0 Å². The van der Waals surface area contributed by atoms with Crippen LogP contribution < -0.4 is 0 Å². The molecular weight excluding hydrogens is 360 g/mol. The van der Waals surface area contributed by atoms with Crippen molar-refractivity contribution in [2.24, 2.45) is 0 Å². The Labute approximate surface area is 152 Å². The highest BCUT2D eigenvalue weighted by Crippen LogP contribution is 2.32. The van der Waals surface area contributed by atoms with Crippen molar-refractivity contribution in [2.45, 2.75) is 25.7 Å². The summed E-state index contributed by atoms with van der Waals surface area (Å²) in [5.74, 6) is 0. The molecule has 0 radical (unpaired) electrons. The second-order valence-corrected chi connectivity index (χ2v) is 7.60. The number of nitrogens with zero attached hydrogens (tertiary/aromatic N) is 1. The van der Waals surface area contributed by atoms with Crippen molar-refractivity contribution in [3.05, 3.63) is 58.6 Å². The van der Waals surface area contributed by atoms with Crippen LogP contribution in [0.25, 0.3) is 22.2 Å². The molecule has 0 aliphatic carbocycles. The van der Waals surface area contributed by atoms with Crippen LogP contribution in [0.3, 0.4) is 0 Å². The van der Waals surface area contributed by atoms with Crippen molar-refractivity contribution in [2.75, 3.05) is 19.6 Å². The van der Waals surface area contributed by atoms with Gasteiger partial charge < -0.3 is 9.88 Å². The minimum Gasteiger partial charge on any atom is -0.354 e. The summed E-state index contributed by atoms with van der Waals surface area (Å²) < 4.78 is 1.12. The van der Waals surface area contributed by atoms with Crippen LogP contribution in [0.4, 0.5) is 0 Å². The topological polar surface area (TPSA) is 19.0 Å². The van der Waals surface area contributed by atoms with Crippen molar-refractivity contribution in [3.8, 4) is 11.3 Å². The van der Waals surface area contributed by atoms with Gasteiger partial charge in [0.25, 0.3) is 0 Å². The highest BCUT2D eigenvalue weighted by molar-refractivity contribution is 9.10. The van der Waals surface area contributed by atoms with E-state index in [9.17, 15) is 0 Å². The predicted molar refractivity (Wildman–Crippen MR) is 105 cm³/mol. The number of likely N-dealkylation sites (tertiary alicyclic amines) is 1. The fourth-order valence-electron chi connectivity index (χ4n) is 3.79. The lowest BCUT2D eigenvalue weighted by atomic mass is 10.0. The number of halogens is 1. The van der Waals surface area contributed by atoms with Crippen LogP contribution in [0, 0.1) is 0 Å². The van der Waals surface area contributed by atoms with E-state index in [0.717, 1.165) is 17.4 Å². The first-order chi connectivity index (χ1) is 11.8. The number of benzene rings is 2. The maximum Gasteiger partial charge on any atom is 0.0497 e. The average Bonchev–Trinajstić information content (AvgIpc) is 2.99. The van der Waals surface area contributed by atoms with Crippen LogP contribution in [0.1, 0.15) is 24.8 Å². The summed E-state index contributed by atoms with van der Waals surface area (Å²) in [5, 5.41) is 1.36. The fourth-order valence-corrected chi connectivity index (χ4v) is 4.15. The average molecular weight is 383 g/mol. The van der Waals surface area contributed by atoms with Crippen LogP contribution in [0.15, 0.2) is 53.0 Å². The predicted octanol–water partition coefficient (Wildman–Crippen LogP) is 5.63. The normalized spacial score (nSPS) is 15.9. The fraction of sp³-hybridized carbons (Fsp3) is 0.333. The molecule has 1 aliphatic rings. The van der Waals surface area contributed by atoms with E-state index in [1.807, 2.05) is 0 Å². The van der Waals surface area contributed by atoms with Gasteiger partial charge in [-0.25, -0.2) is 0 Å². The van der Waals surface area contributed by atoms with Crippen molar-refractivity contribution >= 4 is 26.8 Å². The first-order valence-corrected chi connectivity index (χ1v) is 9.68. The minimum atomic E-state index is 1.10. The Bertz CT molecular complexity index is 816. The van der Waals surface area contributed by atoms with E-state index < -0.39 is 0 Å². The molecule has 0 amide bonds. The van der Waals surface area contributed by atoms with Crippen LogP contribution in [0.2, 0.25) is 0 Å². The molecular formula is C21H23BrN2. The summed E-state index contributed by atoms with van der Waals surface area (Å²) in [6, 6.07) is 17.3. The summed E-state index contributed by atoms with van der Waals surface area (Å²) in [5.41, 5.74) is 5.23. The Morgan fingerprint density at radius 2 is 1.75 bits per heavy atom. The zero-order valence-corrected chi connectivity index (χ0v) is 15.5. The second-order valence-electron chi connectivity index (χ2n) is 6.69. The van der Waals surface area contributed by atoms with E-state index in [2.05, 4.69) is 74.3 Å². The Balaban J connectivity index is 1.70. The summed E-state index contributed by atoms with van der Waals surface area (Å²) in [4.78, 5) is 6.28. The number of hydrogen-bond donors (Lipinski definition) is 1. The second kappa shape index (κ2) is 7.12. The van der Waals surface area contributed by atoms with E-state index in [1.165, 1.54) is 60.1 Å². The monoisotopic (exact) mass is 382 g/mol. The molecule has 0 spiro atoms. The minimum absolute atomic E-state index is 1.10.